The second-order valence-corrected chi connectivity index (χ2v) is 7.96. The van der Waals surface area contributed by atoms with Crippen molar-refractivity contribution >= 4 is 46.6 Å². The molecule has 1 heterocycles. The predicted molar refractivity (Wildman–Crippen MR) is 118 cm³/mol. The van der Waals surface area contributed by atoms with Crippen molar-refractivity contribution < 1.29 is 14.4 Å². The monoisotopic (exact) mass is 447 g/mol. The van der Waals surface area contributed by atoms with Crippen molar-refractivity contribution in [1.29, 1.82) is 0 Å². The average Bonchev–Trinajstić information content (AvgIpc) is 2.99. The summed E-state index contributed by atoms with van der Waals surface area (Å²) in [5.74, 6) is -0.160. The minimum atomic E-state index is -0.218. The number of benzene rings is 2. The summed E-state index contributed by atoms with van der Waals surface area (Å²) in [7, 11) is 0. The van der Waals surface area contributed by atoms with Crippen LogP contribution in [0.2, 0.25) is 10.0 Å². The van der Waals surface area contributed by atoms with Gasteiger partial charge in [-0.1, -0.05) is 29.3 Å². The summed E-state index contributed by atoms with van der Waals surface area (Å²) >= 11 is 11.8. The molecular formula is C22H23Cl2N3O3. The second kappa shape index (κ2) is 10.5. The summed E-state index contributed by atoms with van der Waals surface area (Å²) in [6, 6.07) is 13.4. The Morgan fingerprint density at radius 1 is 0.833 bits per heavy atom. The normalized spacial score (nSPS) is 14.2. The quantitative estimate of drug-likeness (QED) is 0.673. The average molecular weight is 448 g/mol. The number of Topliss-reactive ketones (excluding diaryl/α,β-unsaturated/α-hetero) is 1. The first-order chi connectivity index (χ1) is 14.4. The van der Waals surface area contributed by atoms with Crippen LogP contribution in [0, 0.1) is 0 Å². The van der Waals surface area contributed by atoms with Gasteiger partial charge in [-0.25, -0.2) is 4.79 Å². The first-order valence-electron chi connectivity index (χ1n) is 9.80. The van der Waals surface area contributed by atoms with Gasteiger partial charge < -0.3 is 15.1 Å². The largest absolute Gasteiger partial charge is 0.341 e. The fraction of sp³-hybridized carbons (Fsp3) is 0.318. The number of carbonyl (C=O) groups excluding carboxylic acids is 3. The van der Waals surface area contributed by atoms with Crippen LogP contribution >= 0.6 is 23.2 Å². The number of carbonyl (C=O) groups is 3. The molecule has 6 nitrogen and oxygen atoms in total. The van der Waals surface area contributed by atoms with Gasteiger partial charge in [-0.15, -0.1) is 0 Å². The maximum absolute atomic E-state index is 12.6. The van der Waals surface area contributed by atoms with Crippen molar-refractivity contribution in [2.24, 2.45) is 0 Å². The number of halogens is 2. The Labute approximate surface area is 185 Å². The molecule has 0 saturated carbocycles. The van der Waals surface area contributed by atoms with Crippen LogP contribution in [0.4, 0.5) is 10.5 Å². The highest BCUT2D eigenvalue weighted by molar-refractivity contribution is 6.31. The molecule has 2 aromatic carbocycles. The van der Waals surface area contributed by atoms with Crippen LogP contribution in [-0.2, 0) is 4.79 Å². The topological polar surface area (TPSA) is 69.7 Å². The van der Waals surface area contributed by atoms with E-state index in [0.29, 0.717) is 53.9 Å². The highest BCUT2D eigenvalue weighted by atomic mass is 35.5. The first-order valence-corrected chi connectivity index (χ1v) is 10.6. The van der Waals surface area contributed by atoms with Crippen LogP contribution in [-0.4, -0.2) is 53.7 Å². The third-order valence-corrected chi connectivity index (χ3v) is 5.43. The van der Waals surface area contributed by atoms with E-state index in [2.05, 4.69) is 5.32 Å². The number of hydrogen-bond acceptors (Lipinski definition) is 3. The van der Waals surface area contributed by atoms with Gasteiger partial charge in [-0.2, -0.15) is 0 Å². The number of anilines is 1. The van der Waals surface area contributed by atoms with Crippen LogP contribution in [0.15, 0.2) is 48.5 Å². The molecule has 1 saturated heterocycles. The van der Waals surface area contributed by atoms with E-state index in [-0.39, 0.29) is 30.6 Å². The summed E-state index contributed by atoms with van der Waals surface area (Å²) in [4.78, 5) is 40.8. The van der Waals surface area contributed by atoms with E-state index in [1.807, 2.05) is 0 Å². The minimum Gasteiger partial charge on any atom is -0.341 e. The van der Waals surface area contributed by atoms with Crippen LogP contribution in [0.1, 0.15) is 29.6 Å². The van der Waals surface area contributed by atoms with Crippen LogP contribution in [0.5, 0.6) is 0 Å². The zero-order chi connectivity index (χ0) is 21.5. The highest BCUT2D eigenvalue weighted by Crippen LogP contribution is 2.16. The molecule has 1 aliphatic rings. The van der Waals surface area contributed by atoms with Gasteiger partial charge in [0.05, 0.1) is 0 Å². The lowest BCUT2D eigenvalue weighted by molar-refractivity contribution is -0.131. The van der Waals surface area contributed by atoms with E-state index in [1.165, 1.54) is 0 Å². The molecular weight excluding hydrogens is 425 g/mol. The summed E-state index contributed by atoms with van der Waals surface area (Å²) in [6.07, 6.45) is 0.978. The number of rotatable bonds is 5. The smallest absolute Gasteiger partial charge is 0.321 e. The van der Waals surface area contributed by atoms with Gasteiger partial charge in [0.15, 0.2) is 5.78 Å². The molecule has 0 bridgehead atoms. The summed E-state index contributed by atoms with van der Waals surface area (Å²) < 4.78 is 0. The molecule has 0 radical (unpaired) electrons. The predicted octanol–water partition coefficient (Wildman–Crippen LogP) is 4.72. The van der Waals surface area contributed by atoms with E-state index in [4.69, 9.17) is 23.2 Å². The van der Waals surface area contributed by atoms with E-state index in [1.54, 1.807) is 58.3 Å². The number of nitrogens with zero attached hydrogens (tertiary/aromatic N) is 2. The standard InChI is InChI=1S/C22H23Cl2N3O3/c23-17-7-5-16(6-8-17)20(28)9-10-21(29)26-11-2-12-27(14-13-26)22(30)25-19-4-1-3-18(24)15-19/h1,3-8,15H,2,9-14H2,(H,25,30). The number of hydrogen-bond donors (Lipinski definition) is 1. The molecule has 1 N–H and O–H groups in total. The van der Waals surface area contributed by atoms with Crippen molar-refractivity contribution in [2.75, 3.05) is 31.5 Å². The van der Waals surface area contributed by atoms with E-state index in [0.717, 1.165) is 0 Å². The van der Waals surface area contributed by atoms with Crippen molar-refractivity contribution in [3.05, 3.63) is 64.1 Å². The Morgan fingerprint density at radius 3 is 2.27 bits per heavy atom. The van der Waals surface area contributed by atoms with Gasteiger partial charge in [-0.3, -0.25) is 9.59 Å². The molecule has 8 heteroatoms. The third-order valence-electron chi connectivity index (χ3n) is 4.94. The van der Waals surface area contributed by atoms with Gasteiger partial charge in [0.2, 0.25) is 5.91 Å². The molecule has 0 atom stereocenters. The molecule has 30 heavy (non-hydrogen) atoms. The van der Waals surface area contributed by atoms with Crippen molar-refractivity contribution in [3.63, 3.8) is 0 Å². The Kier molecular flexibility index (Phi) is 7.71. The molecule has 0 aromatic heterocycles. The molecule has 3 rings (SSSR count). The van der Waals surface area contributed by atoms with Gasteiger partial charge >= 0.3 is 6.03 Å². The molecule has 2 aromatic rings. The Balaban J connectivity index is 1.48. The van der Waals surface area contributed by atoms with Crippen LogP contribution in [0.25, 0.3) is 0 Å². The van der Waals surface area contributed by atoms with Crippen molar-refractivity contribution in [2.45, 2.75) is 19.3 Å². The van der Waals surface area contributed by atoms with E-state index < -0.39 is 0 Å². The summed E-state index contributed by atoms with van der Waals surface area (Å²) in [6.45, 7) is 2.00. The van der Waals surface area contributed by atoms with Crippen LogP contribution in [0.3, 0.4) is 0 Å². The summed E-state index contributed by atoms with van der Waals surface area (Å²) in [5.41, 5.74) is 1.18. The number of ketones is 1. The minimum absolute atomic E-state index is 0.0746. The molecule has 1 fully saturated rings. The maximum atomic E-state index is 12.6. The Bertz CT molecular complexity index is 918. The first kappa shape index (κ1) is 22.1. The van der Waals surface area contributed by atoms with Gasteiger partial charge in [0.25, 0.3) is 0 Å². The zero-order valence-electron chi connectivity index (χ0n) is 16.4. The van der Waals surface area contributed by atoms with Crippen LogP contribution < -0.4 is 5.32 Å². The van der Waals surface area contributed by atoms with Gasteiger partial charge in [0.1, 0.15) is 0 Å². The van der Waals surface area contributed by atoms with E-state index in [9.17, 15) is 14.4 Å². The second-order valence-electron chi connectivity index (χ2n) is 7.09. The summed E-state index contributed by atoms with van der Waals surface area (Å²) in [5, 5.41) is 3.95. The lowest BCUT2D eigenvalue weighted by atomic mass is 10.1. The van der Waals surface area contributed by atoms with Crippen molar-refractivity contribution in [3.8, 4) is 0 Å². The fourth-order valence-electron chi connectivity index (χ4n) is 3.30. The van der Waals surface area contributed by atoms with Gasteiger partial charge in [-0.05, 0) is 48.9 Å². The van der Waals surface area contributed by atoms with Gasteiger partial charge in [0, 0.05) is 60.3 Å². The molecule has 0 spiro atoms. The molecule has 0 aliphatic carbocycles. The molecule has 1 aliphatic heterocycles. The number of amides is 3. The van der Waals surface area contributed by atoms with E-state index >= 15 is 0 Å². The molecule has 3 amide bonds. The lowest BCUT2D eigenvalue weighted by Crippen LogP contribution is -2.39. The zero-order valence-corrected chi connectivity index (χ0v) is 18.0. The number of nitrogens with one attached hydrogen (secondary N) is 1. The fourth-order valence-corrected chi connectivity index (χ4v) is 3.61. The SMILES string of the molecule is O=C(CCC(=O)N1CCCN(C(=O)Nc2cccc(Cl)c2)CC1)c1ccc(Cl)cc1. The molecule has 0 unspecified atom stereocenters. The third kappa shape index (κ3) is 6.21. The Morgan fingerprint density at radius 2 is 1.53 bits per heavy atom. The van der Waals surface area contributed by atoms with Crippen molar-refractivity contribution in [1.82, 2.24) is 9.80 Å². The maximum Gasteiger partial charge on any atom is 0.321 e. The number of urea groups is 1. The highest BCUT2D eigenvalue weighted by Gasteiger charge is 2.22. The molecule has 158 valence electrons. The lowest BCUT2D eigenvalue weighted by Gasteiger charge is -2.22. The Hall–Kier alpha value is -2.57.